The van der Waals surface area contributed by atoms with E-state index in [1.807, 2.05) is 25.2 Å². The lowest BCUT2D eigenvalue weighted by atomic mass is 10.4. The second kappa shape index (κ2) is 8.78. The molecule has 5 heteroatoms. The van der Waals surface area contributed by atoms with E-state index in [4.69, 9.17) is 14.2 Å². The molecule has 0 unspecified atom stereocenters. The van der Waals surface area contributed by atoms with Crippen LogP contribution in [0.1, 0.15) is 6.42 Å². The van der Waals surface area contributed by atoms with Crippen LogP contribution in [0.15, 0.2) is 18.2 Å². The third-order valence-corrected chi connectivity index (χ3v) is 2.09. The summed E-state index contributed by atoms with van der Waals surface area (Å²) in [5.74, 6) is 1.40. The van der Waals surface area contributed by atoms with Gasteiger partial charge < -0.3 is 19.5 Å². The van der Waals surface area contributed by atoms with Gasteiger partial charge in [0.15, 0.2) is 0 Å². The SMILES string of the molecule is CNc1cccc(OCCOCCCOC)n1. The van der Waals surface area contributed by atoms with Crippen LogP contribution in [-0.4, -0.2) is 45.6 Å². The molecular weight excluding hydrogens is 220 g/mol. The van der Waals surface area contributed by atoms with Crippen LogP contribution in [-0.2, 0) is 9.47 Å². The minimum absolute atomic E-state index is 0.507. The van der Waals surface area contributed by atoms with Crippen LogP contribution in [0, 0.1) is 0 Å². The molecule has 0 aromatic carbocycles. The summed E-state index contributed by atoms with van der Waals surface area (Å²) in [6.45, 7) is 2.50. The molecule has 0 saturated heterocycles. The minimum atomic E-state index is 0.507. The minimum Gasteiger partial charge on any atom is -0.475 e. The highest BCUT2D eigenvalue weighted by atomic mass is 16.5. The number of hydrogen-bond donors (Lipinski definition) is 1. The van der Waals surface area contributed by atoms with Crippen LogP contribution in [0.25, 0.3) is 0 Å². The molecule has 1 N–H and O–H groups in total. The molecule has 1 heterocycles. The Morgan fingerprint density at radius 1 is 1.18 bits per heavy atom. The van der Waals surface area contributed by atoms with Crippen molar-refractivity contribution >= 4 is 5.82 Å². The van der Waals surface area contributed by atoms with Gasteiger partial charge in [0.25, 0.3) is 0 Å². The fraction of sp³-hybridized carbons (Fsp3) is 0.583. The Kier molecular flexibility index (Phi) is 7.09. The van der Waals surface area contributed by atoms with Gasteiger partial charge in [0, 0.05) is 33.4 Å². The Morgan fingerprint density at radius 3 is 2.82 bits per heavy atom. The van der Waals surface area contributed by atoms with Crippen molar-refractivity contribution < 1.29 is 14.2 Å². The third-order valence-electron chi connectivity index (χ3n) is 2.09. The average molecular weight is 240 g/mol. The Labute approximate surface area is 102 Å². The molecule has 0 aliphatic heterocycles. The van der Waals surface area contributed by atoms with Crippen molar-refractivity contribution in [2.24, 2.45) is 0 Å². The van der Waals surface area contributed by atoms with Gasteiger partial charge in [-0.25, -0.2) is 0 Å². The molecule has 17 heavy (non-hydrogen) atoms. The second-order valence-corrected chi connectivity index (χ2v) is 3.42. The van der Waals surface area contributed by atoms with Crippen molar-refractivity contribution in [2.75, 3.05) is 45.9 Å². The normalized spacial score (nSPS) is 10.2. The van der Waals surface area contributed by atoms with Crippen LogP contribution >= 0.6 is 0 Å². The summed E-state index contributed by atoms with van der Waals surface area (Å²) in [6.07, 6.45) is 0.907. The van der Waals surface area contributed by atoms with Crippen LogP contribution in [0.2, 0.25) is 0 Å². The molecule has 0 aliphatic carbocycles. The highest BCUT2D eigenvalue weighted by Crippen LogP contribution is 2.10. The molecule has 1 rings (SSSR count). The van der Waals surface area contributed by atoms with Gasteiger partial charge in [0.1, 0.15) is 12.4 Å². The highest BCUT2D eigenvalue weighted by molar-refractivity contribution is 5.35. The van der Waals surface area contributed by atoms with Crippen molar-refractivity contribution in [3.8, 4) is 5.88 Å². The van der Waals surface area contributed by atoms with Crippen LogP contribution in [0.4, 0.5) is 5.82 Å². The zero-order chi connectivity index (χ0) is 12.3. The first kappa shape index (κ1) is 13.7. The third kappa shape index (κ3) is 6.09. The molecule has 0 bridgehead atoms. The molecule has 5 nitrogen and oxygen atoms in total. The number of methoxy groups -OCH3 is 1. The Morgan fingerprint density at radius 2 is 2.06 bits per heavy atom. The fourth-order valence-electron chi connectivity index (χ4n) is 1.25. The maximum Gasteiger partial charge on any atom is 0.215 e. The topological polar surface area (TPSA) is 52.6 Å². The standard InChI is InChI=1S/C12H20N2O3/c1-13-11-5-3-6-12(14-11)17-10-9-16-8-4-7-15-2/h3,5-6H,4,7-10H2,1-2H3,(H,13,14). The molecule has 0 saturated carbocycles. The molecule has 0 spiro atoms. The van der Waals surface area contributed by atoms with Gasteiger partial charge in [-0.15, -0.1) is 0 Å². The summed E-state index contributed by atoms with van der Waals surface area (Å²) in [4.78, 5) is 4.23. The smallest absolute Gasteiger partial charge is 0.215 e. The molecule has 96 valence electrons. The number of nitrogens with zero attached hydrogens (tertiary/aromatic N) is 1. The lowest BCUT2D eigenvalue weighted by molar-refractivity contribution is 0.0796. The molecule has 0 radical (unpaired) electrons. The molecule has 0 fully saturated rings. The van der Waals surface area contributed by atoms with Crippen molar-refractivity contribution in [1.29, 1.82) is 0 Å². The summed E-state index contributed by atoms with van der Waals surface area (Å²) in [5.41, 5.74) is 0. The predicted octanol–water partition coefficient (Wildman–Crippen LogP) is 1.56. The van der Waals surface area contributed by atoms with Crippen LogP contribution in [0.5, 0.6) is 5.88 Å². The number of anilines is 1. The monoisotopic (exact) mass is 240 g/mol. The highest BCUT2D eigenvalue weighted by Gasteiger charge is 1.96. The van der Waals surface area contributed by atoms with Crippen molar-refractivity contribution in [3.63, 3.8) is 0 Å². The van der Waals surface area contributed by atoms with Gasteiger partial charge in [0.05, 0.1) is 6.61 Å². The predicted molar refractivity (Wildman–Crippen MR) is 66.6 cm³/mol. The van der Waals surface area contributed by atoms with Crippen molar-refractivity contribution in [3.05, 3.63) is 18.2 Å². The van der Waals surface area contributed by atoms with E-state index < -0.39 is 0 Å². The summed E-state index contributed by atoms with van der Waals surface area (Å²) in [6, 6.07) is 5.60. The van der Waals surface area contributed by atoms with E-state index in [0.29, 0.717) is 25.7 Å². The molecule has 1 aromatic heterocycles. The number of aromatic nitrogens is 1. The van der Waals surface area contributed by atoms with Gasteiger partial charge in [-0.3, -0.25) is 0 Å². The molecule has 0 amide bonds. The molecule has 0 aliphatic rings. The second-order valence-electron chi connectivity index (χ2n) is 3.42. The van der Waals surface area contributed by atoms with Crippen molar-refractivity contribution in [1.82, 2.24) is 4.98 Å². The van der Waals surface area contributed by atoms with E-state index in [0.717, 1.165) is 18.8 Å². The number of pyridine rings is 1. The van der Waals surface area contributed by atoms with E-state index in [1.165, 1.54) is 0 Å². The number of ether oxygens (including phenoxy) is 3. The van der Waals surface area contributed by atoms with Gasteiger partial charge in [-0.2, -0.15) is 4.98 Å². The lowest BCUT2D eigenvalue weighted by Crippen LogP contribution is -2.09. The Hall–Kier alpha value is -1.33. The fourth-order valence-corrected chi connectivity index (χ4v) is 1.25. The first-order valence-electron chi connectivity index (χ1n) is 5.71. The van der Waals surface area contributed by atoms with E-state index >= 15 is 0 Å². The number of rotatable bonds is 9. The van der Waals surface area contributed by atoms with Gasteiger partial charge >= 0.3 is 0 Å². The molecule has 1 aromatic rings. The molecule has 0 atom stereocenters. The van der Waals surface area contributed by atoms with E-state index in [-0.39, 0.29) is 0 Å². The van der Waals surface area contributed by atoms with Crippen LogP contribution < -0.4 is 10.1 Å². The van der Waals surface area contributed by atoms with Crippen LogP contribution in [0.3, 0.4) is 0 Å². The first-order valence-corrected chi connectivity index (χ1v) is 5.71. The summed E-state index contributed by atoms with van der Waals surface area (Å²) in [7, 11) is 3.51. The summed E-state index contributed by atoms with van der Waals surface area (Å²) >= 11 is 0. The van der Waals surface area contributed by atoms with E-state index in [2.05, 4.69) is 10.3 Å². The maximum atomic E-state index is 5.45. The summed E-state index contributed by atoms with van der Waals surface area (Å²) < 4.78 is 15.7. The van der Waals surface area contributed by atoms with Gasteiger partial charge in [0.2, 0.25) is 5.88 Å². The Bertz CT molecular complexity index is 308. The first-order chi connectivity index (χ1) is 8.36. The maximum absolute atomic E-state index is 5.45. The summed E-state index contributed by atoms with van der Waals surface area (Å²) in [5, 5.41) is 2.96. The van der Waals surface area contributed by atoms with E-state index in [1.54, 1.807) is 7.11 Å². The zero-order valence-corrected chi connectivity index (χ0v) is 10.4. The zero-order valence-electron chi connectivity index (χ0n) is 10.4. The quantitative estimate of drug-likeness (QED) is 0.664. The van der Waals surface area contributed by atoms with Gasteiger partial charge in [-0.05, 0) is 12.5 Å². The van der Waals surface area contributed by atoms with Gasteiger partial charge in [-0.1, -0.05) is 6.07 Å². The van der Waals surface area contributed by atoms with Crippen molar-refractivity contribution in [2.45, 2.75) is 6.42 Å². The largest absolute Gasteiger partial charge is 0.475 e. The average Bonchev–Trinajstić information content (AvgIpc) is 2.38. The number of hydrogen-bond acceptors (Lipinski definition) is 5. The Balaban J connectivity index is 2.09. The van der Waals surface area contributed by atoms with E-state index in [9.17, 15) is 0 Å². The lowest BCUT2D eigenvalue weighted by Gasteiger charge is -2.07. The number of nitrogens with one attached hydrogen (secondary N) is 1. The molecular formula is C12H20N2O3.